The van der Waals surface area contributed by atoms with Crippen molar-refractivity contribution in [1.82, 2.24) is 0 Å². The minimum Gasteiger partial charge on any atom is -0.459 e. The van der Waals surface area contributed by atoms with E-state index in [0.717, 1.165) is 16.7 Å². The summed E-state index contributed by atoms with van der Waals surface area (Å²) in [6, 6.07) is 13.9. The van der Waals surface area contributed by atoms with Crippen LogP contribution in [0.25, 0.3) is 12.2 Å². The highest BCUT2D eigenvalue weighted by atomic mass is 35.5. The summed E-state index contributed by atoms with van der Waals surface area (Å²) in [5.41, 5.74) is -5.03. The second kappa shape index (κ2) is 16.0. The molecule has 9 nitrogen and oxygen atoms in total. The standard InChI is InChI=1S/C46H52Cl2O9/c1-28(2)29(3)25-41(52)56-38-27-37-42(5)21-20-36(55-39(50)17-11-31-7-13-34(47)14-8-31)26-33(42)19-22-44(37,53)46(54)24-23-45(30(4)49,43(38,46)6)57-40(51)18-12-32-9-15-35(48)16-10-32/h7-19,25,28,36-38,53-54H,20-24,26-27H2,1-6H3/b17-11+,18-12+,29-25+/t36-,37?,38+,42-,43+,44-,45+,46+/m0/s1. The van der Waals surface area contributed by atoms with Gasteiger partial charge in [-0.3, -0.25) is 4.79 Å². The minimum atomic E-state index is -2.04. The zero-order valence-electron chi connectivity index (χ0n) is 33.4. The topological polar surface area (TPSA) is 136 Å². The van der Waals surface area contributed by atoms with E-state index in [9.17, 15) is 29.4 Å². The average Bonchev–Trinajstić information content (AvgIpc) is 3.40. The third-order valence-corrected chi connectivity index (χ3v) is 14.2. The molecular weight excluding hydrogens is 767 g/mol. The summed E-state index contributed by atoms with van der Waals surface area (Å²) in [5.74, 6) is -3.07. The number of ether oxygens (including phenoxy) is 3. The fourth-order valence-corrected chi connectivity index (χ4v) is 10.3. The van der Waals surface area contributed by atoms with Crippen LogP contribution in [0, 0.1) is 22.7 Å². The van der Waals surface area contributed by atoms with Gasteiger partial charge in [0.1, 0.15) is 23.4 Å². The van der Waals surface area contributed by atoms with Crippen LogP contribution in [0.4, 0.5) is 0 Å². The van der Waals surface area contributed by atoms with Crippen molar-refractivity contribution in [2.75, 3.05) is 0 Å². The third kappa shape index (κ3) is 7.57. The van der Waals surface area contributed by atoms with Crippen LogP contribution in [0.15, 0.2) is 84.0 Å². The Kier molecular flexibility index (Phi) is 11.9. The lowest BCUT2D eigenvalue weighted by molar-refractivity contribution is -0.315. The van der Waals surface area contributed by atoms with E-state index in [1.54, 1.807) is 61.5 Å². The van der Waals surface area contributed by atoms with E-state index in [1.807, 2.05) is 33.8 Å². The Bertz CT molecular complexity index is 2030. The normalized spacial score (nSPS) is 33.6. The predicted octanol–water partition coefficient (Wildman–Crippen LogP) is 8.82. The Morgan fingerprint density at radius 3 is 1.95 bits per heavy atom. The van der Waals surface area contributed by atoms with Crippen molar-refractivity contribution in [3.05, 3.63) is 105 Å². The SMILES string of the molecule is CC(=O)[C@]1(OC(=O)/C=C/c2ccc(Cl)cc2)CC[C@@]2(O)[C@]1(C)[C@H](OC(=O)/C=C(\C)C(C)C)CC1[C@@]3(C)CC[C@H](OC(=O)/C=C/c4ccc(Cl)cc4)CC3=CC[C@]12O. The molecule has 11 heteroatoms. The molecule has 0 saturated heterocycles. The zero-order valence-corrected chi connectivity index (χ0v) is 34.9. The molecule has 2 aromatic rings. The molecule has 2 N–H and O–H groups in total. The molecule has 3 fully saturated rings. The van der Waals surface area contributed by atoms with Gasteiger partial charge in [-0.2, -0.15) is 0 Å². The molecule has 6 rings (SSSR count). The van der Waals surface area contributed by atoms with Crippen LogP contribution in [-0.4, -0.2) is 62.9 Å². The lowest BCUT2D eigenvalue weighted by atomic mass is 9.42. The van der Waals surface area contributed by atoms with Gasteiger partial charge in [0.25, 0.3) is 0 Å². The Balaban J connectivity index is 1.34. The highest BCUT2D eigenvalue weighted by molar-refractivity contribution is 6.30. The number of esters is 3. The first-order chi connectivity index (χ1) is 26.8. The molecule has 0 bridgehead atoms. The number of allylic oxidation sites excluding steroid dienone is 1. The van der Waals surface area contributed by atoms with Gasteiger partial charge in [-0.1, -0.05) is 85.5 Å². The van der Waals surface area contributed by atoms with Crippen molar-refractivity contribution in [2.24, 2.45) is 22.7 Å². The van der Waals surface area contributed by atoms with Crippen molar-refractivity contribution < 1.29 is 43.6 Å². The average molecular weight is 820 g/mol. The number of ketones is 1. The molecule has 4 aliphatic rings. The van der Waals surface area contributed by atoms with Crippen LogP contribution >= 0.6 is 23.2 Å². The lowest BCUT2D eigenvalue weighted by Crippen LogP contribution is -2.78. The number of hydrogen-bond acceptors (Lipinski definition) is 9. The maximum absolute atomic E-state index is 14.0. The van der Waals surface area contributed by atoms with E-state index < -0.39 is 69.5 Å². The first kappa shape index (κ1) is 42.6. The van der Waals surface area contributed by atoms with Crippen LogP contribution < -0.4 is 0 Å². The highest BCUT2D eigenvalue weighted by Gasteiger charge is 2.83. The van der Waals surface area contributed by atoms with Gasteiger partial charge in [-0.25, -0.2) is 14.4 Å². The fourth-order valence-electron chi connectivity index (χ4n) is 10.1. The van der Waals surface area contributed by atoms with Crippen molar-refractivity contribution in [2.45, 2.75) is 115 Å². The van der Waals surface area contributed by atoms with Crippen LogP contribution in [0.2, 0.25) is 10.0 Å². The van der Waals surface area contributed by atoms with E-state index in [0.29, 0.717) is 34.9 Å². The summed E-state index contributed by atoms with van der Waals surface area (Å²) in [6.45, 7) is 10.7. The minimum absolute atomic E-state index is 0.0250. The number of carbonyl (C=O) groups excluding carboxylic acids is 4. The molecule has 0 spiro atoms. The summed E-state index contributed by atoms with van der Waals surface area (Å²) in [7, 11) is 0. The summed E-state index contributed by atoms with van der Waals surface area (Å²) in [4.78, 5) is 54.3. The predicted molar refractivity (Wildman–Crippen MR) is 219 cm³/mol. The molecule has 8 atom stereocenters. The number of benzene rings is 2. The maximum atomic E-state index is 14.0. The smallest absolute Gasteiger partial charge is 0.331 e. The van der Waals surface area contributed by atoms with Crippen LogP contribution in [-0.2, 0) is 33.4 Å². The number of aliphatic hydroxyl groups is 2. The monoisotopic (exact) mass is 818 g/mol. The molecule has 1 unspecified atom stereocenters. The molecule has 2 aromatic carbocycles. The molecule has 0 aromatic heterocycles. The Morgan fingerprint density at radius 1 is 0.807 bits per heavy atom. The van der Waals surface area contributed by atoms with Gasteiger partial charge in [0, 0.05) is 40.6 Å². The van der Waals surface area contributed by atoms with Crippen molar-refractivity contribution >= 4 is 59.0 Å². The van der Waals surface area contributed by atoms with Crippen LogP contribution in [0.1, 0.15) is 97.6 Å². The first-order valence-corrected chi connectivity index (χ1v) is 20.4. The number of rotatable bonds is 10. The van der Waals surface area contributed by atoms with Gasteiger partial charge < -0.3 is 24.4 Å². The van der Waals surface area contributed by atoms with E-state index in [1.165, 1.54) is 31.2 Å². The van der Waals surface area contributed by atoms with Gasteiger partial charge in [0.15, 0.2) is 11.4 Å². The largest absolute Gasteiger partial charge is 0.459 e. The quantitative estimate of drug-likeness (QED) is 0.104. The summed E-state index contributed by atoms with van der Waals surface area (Å²) in [5, 5.41) is 27.4. The number of halogens is 2. The Morgan fingerprint density at radius 2 is 1.39 bits per heavy atom. The van der Waals surface area contributed by atoms with E-state index in [4.69, 9.17) is 37.4 Å². The molecular formula is C46H52Cl2O9. The molecule has 3 saturated carbocycles. The van der Waals surface area contributed by atoms with Crippen LogP contribution in [0.5, 0.6) is 0 Å². The molecule has 304 valence electrons. The molecule has 0 amide bonds. The Hall–Kier alpha value is -4.02. The van der Waals surface area contributed by atoms with Crippen LogP contribution in [0.3, 0.4) is 0 Å². The second-order valence-corrected chi connectivity index (χ2v) is 17.8. The second-order valence-electron chi connectivity index (χ2n) is 17.0. The number of hydrogen-bond donors (Lipinski definition) is 2. The zero-order chi connectivity index (χ0) is 41.6. The first-order valence-electron chi connectivity index (χ1n) is 19.6. The summed E-state index contributed by atoms with van der Waals surface area (Å²) >= 11 is 12.0. The highest BCUT2D eigenvalue weighted by Crippen LogP contribution is 2.71. The summed E-state index contributed by atoms with van der Waals surface area (Å²) < 4.78 is 18.4. The molecule has 57 heavy (non-hydrogen) atoms. The van der Waals surface area contributed by atoms with E-state index in [2.05, 4.69) is 0 Å². The van der Waals surface area contributed by atoms with Gasteiger partial charge in [0.05, 0.1) is 5.41 Å². The third-order valence-electron chi connectivity index (χ3n) is 13.7. The number of fused-ring (bicyclic) bond motifs is 5. The summed E-state index contributed by atoms with van der Waals surface area (Å²) in [6.07, 6.45) is 8.89. The van der Waals surface area contributed by atoms with Gasteiger partial charge >= 0.3 is 17.9 Å². The van der Waals surface area contributed by atoms with Gasteiger partial charge in [-0.15, -0.1) is 0 Å². The number of Topliss-reactive ketones (excluding diaryl/α,β-unsaturated/α-hetero) is 1. The molecule has 0 radical (unpaired) electrons. The molecule has 4 aliphatic carbocycles. The van der Waals surface area contributed by atoms with Gasteiger partial charge in [0.2, 0.25) is 0 Å². The Labute approximate surface area is 344 Å². The fraction of sp³-hybridized carbons (Fsp3) is 0.478. The lowest BCUT2D eigenvalue weighted by Gasteiger charge is -2.67. The number of carbonyl (C=O) groups is 4. The van der Waals surface area contributed by atoms with E-state index in [-0.39, 0.29) is 31.6 Å². The van der Waals surface area contributed by atoms with Gasteiger partial charge in [-0.05, 0) is 118 Å². The van der Waals surface area contributed by atoms with Crippen molar-refractivity contribution in [3.8, 4) is 0 Å². The van der Waals surface area contributed by atoms with E-state index >= 15 is 0 Å². The molecule has 0 heterocycles. The maximum Gasteiger partial charge on any atom is 0.331 e. The van der Waals surface area contributed by atoms with Crippen molar-refractivity contribution in [3.63, 3.8) is 0 Å². The van der Waals surface area contributed by atoms with Crippen molar-refractivity contribution in [1.29, 1.82) is 0 Å². The molecule has 0 aliphatic heterocycles.